The largest absolute Gasteiger partial charge is 0.370 e. The molecule has 0 aliphatic carbocycles. The van der Waals surface area contributed by atoms with Crippen LogP contribution < -0.4 is 16.4 Å². The molecule has 0 aromatic carbocycles. The average Bonchev–Trinajstić information content (AvgIpc) is 2.17. The first kappa shape index (κ1) is 11.7. The smallest absolute Gasteiger partial charge is 0.132 e. The van der Waals surface area contributed by atoms with Crippen LogP contribution in [0.2, 0.25) is 0 Å². The number of aryl methyl sites for hydroxylation is 1. The average molecular weight is 209 g/mol. The predicted molar refractivity (Wildman–Crippen MR) is 63.1 cm³/mol. The van der Waals surface area contributed by atoms with Crippen LogP contribution in [-0.2, 0) is 0 Å². The third kappa shape index (κ3) is 3.71. The Morgan fingerprint density at radius 3 is 2.67 bits per heavy atom. The van der Waals surface area contributed by atoms with Crippen LogP contribution in [0.5, 0.6) is 0 Å². The van der Waals surface area contributed by atoms with E-state index in [0.717, 1.165) is 24.0 Å². The zero-order valence-corrected chi connectivity index (χ0v) is 9.54. The molecule has 1 heterocycles. The van der Waals surface area contributed by atoms with Crippen LogP contribution in [0.1, 0.15) is 19.7 Å². The number of nitrogens with two attached hydrogens (primary N) is 1. The Bertz CT molecular complexity index is 313. The summed E-state index contributed by atoms with van der Waals surface area (Å²) >= 11 is 0. The van der Waals surface area contributed by atoms with Gasteiger partial charge in [0.1, 0.15) is 17.5 Å². The molecular formula is C10H19N5. The molecule has 84 valence electrons. The van der Waals surface area contributed by atoms with Crippen molar-refractivity contribution in [3.8, 4) is 0 Å². The highest BCUT2D eigenvalue weighted by Crippen LogP contribution is 2.11. The molecule has 5 nitrogen and oxygen atoms in total. The summed E-state index contributed by atoms with van der Waals surface area (Å²) in [7, 11) is 0. The van der Waals surface area contributed by atoms with Crippen molar-refractivity contribution in [3.05, 3.63) is 11.9 Å². The van der Waals surface area contributed by atoms with E-state index in [0.29, 0.717) is 6.54 Å². The maximum absolute atomic E-state index is 5.53. The van der Waals surface area contributed by atoms with Crippen LogP contribution in [0, 0.1) is 6.92 Å². The van der Waals surface area contributed by atoms with Gasteiger partial charge in [-0.15, -0.1) is 0 Å². The van der Waals surface area contributed by atoms with Gasteiger partial charge in [0.25, 0.3) is 0 Å². The molecule has 0 spiro atoms. The summed E-state index contributed by atoms with van der Waals surface area (Å²) in [6.45, 7) is 7.36. The number of nitrogens with one attached hydrogen (secondary N) is 2. The molecule has 15 heavy (non-hydrogen) atoms. The van der Waals surface area contributed by atoms with Crippen LogP contribution in [-0.4, -0.2) is 29.1 Å². The standard InChI is InChI=1S/C10H19N5/c1-4-12-9-5-10(13-7(2)6-11)15-8(3)14-9/h5,7H,4,6,11H2,1-3H3,(H2,12,13,14,15). The second-order valence-electron chi connectivity index (χ2n) is 3.50. The van der Waals surface area contributed by atoms with Crippen LogP contribution >= 0.6 is 0 Å². The topological polar surface area (TPSA) is 75.9 Å². The molecule has 0 fully saturated rings. The maximum atomic E-state index is 5.53. The lowest BCUT2D eigenvalue weighted by Gasteiger charge is -2.13. The van der Waals surface area contributed by atoms with E-state index in [1.807, 2.05) is 26.8 Å². The van der Waals surface area contributed by atoms with Gasteiger partial charge in [0.05, 0.1) is 0 Å². The maximum Gasteiger partial charge on any atom is 0.132 e. The van der Waals surface area contributed by atoms with Crippen LogP contribution in [0.3, 0.4) is 0 Å². The van der Waals surface area contributed by atoms with Crippen molar-refractivity contribution in [2.24, 2.45) is 5.73 Å². The summed E-state index contributed by atoms with van der Waals surface area (Å²) in [6, 6.07) is 2.11. The number of aromatic nitrogens is 2. The van der Waals surface area contributed by atoms with Crippen molar-refractivity contribution in [2.75, 3.05) is 23.7 Å². The van der Waals surface area contributed by atoms with Crippen molar-refractivity contribution >= 4 is 11.6 Å². The van der Waals surface area contributed by atoms with E-state index in [1.54, 1.807) is 0 Å². The van der Waals surface area contributed by atoms with Crippen molar-refractivity contribution in [1.82, 2.24) is 9.97 Å². The Labute approximate surface area is 90.5 Å². The van der Waals surface area contributed by atoms with Crippen LogP contribution in [0.15, 0.2) is 6.07 Å². The molecule has 0 aliphatic heterocycles. The summed E-state index contributed by atoms with van der Waals surface area (Å²) in [5.74, 6) is 2.41. The van der Waals surface area contributed by atoms with Gasteiger partial charge in [0, 0.05) is 25.2 Å². The summed E-state index contributed by atoms with van der Waals surface area (Å²) in [4.78, 5) is 8.55. The minimum Gasteiger partial charge on any atom is -0.370 e. The SMILES string of the molecule is CCNc1cc(NC(C)CN)nc(C)n1. The summed E-state index contributed by atoms with van der Waals surface area (Å²) in [6.07, 6.45) is 0. The number of anilines is 2. The number of nitrogens with zero attached hydrogens (tertiary/aromatic N) is 2. The van der Waals surface area contributed by atoms with Gasteiger partial charge in [0.15, 0.2) is 0 Å². The lowest BCUT2D eigenvalue weighted by molar-refractivity contribution is 0.795. The molecule has 0 saturated heterocycles. The third-order valence-electron chi connectivity index (χ3n) is 1.94. The monoisotopic (exact) mass is 209 g/mol. The Morgan fingerprint density at radius 1 is 1.40 bits per heavy atom. The highest BCUT2D eigenvalue weighted by molar-refractivity contribution is 5.47. The molecule has 0 aliphatic rings. The van der Waals surface area contributed by atoms with Gasteiger partial charge < -0.3 is 16.4 Å². The zero-order valence-electron chi connectivity index (χ0n) is 9.54. The molecular weight excluding hydrogens is 190 g/mol. The van der Waals surface area contributed by atoms with Gasteiger partial charge >= 0.3 is 0 Å². The van der Waals surface area contributed by atoms with Crippen LogP contribution in [0.4, 0.5) is 11.6 Å². The normalized spacial score (nSPS) is 12.3. The van der Waals surface area contributed by atoms with Gasteiger partial charge in [-0.25, -0.2) is 9.97 Å². The first-order valence-corrected chi connectivity index (χ1v) is 5.21. The summed E-state index contributed by atoms with van der Waals surface area (Å²) in [5.41, 5.74) is 5.53. The zero-order chi connectivity index (χ0) is 11.3. The molecule has 1 rings (SSSR count). The fourth-order valence-electron chi connectivity index (χ4n) is 1.22. The minimum atomic E-state index is 0.216. The summed E-state index contributed by atoms with van der Waals surface area (Å²) < 4.78 is 0. The van der Waals surface area contributed by atoms with Crippen LogP contribution in [0.25, 0.3) is 0 Å². The highest BCUT2D eigenvalue weighted by Gasteiger charge is 2.03. The number of hydrogen-bond acceptors (Lipinski definition) is 5. The third-order valence-corrected chi connectivity index (χ3v) is 1.94. The molecule has 1 aromatic heterocycles. The van der Waals surface area contributed by atoms with E-state index in [9.17, 15) is 0 Å². The van der Waals surface area contributed by atoms with Crippen molar-refractivity contribution in [2.45, 2.75) is 26.8 Å². The molecule has 4 N–H and O–H groups in total. The lowest BCUT2D eigenvalue weighted by Crippen LogP contribution is -2.25. The Hall–Kier alpha value is -1.36. The van der Waals surface area contributed by atoms with Gasteiger partial charge in [-0.1, -0.05) is 0 Å². The van der Waals surface area contributed by atoms with E-state index in [-0.39, 0.29) is 6.04 Å². The minimum absolute atomic E-state index is 0.216. The molecule has 1 atom stereocenters. The molecule has 5 heteroatoms. The molecule has 0 amide bonds. The summed E-state index contributed by atoms with van der Waals surface area (Å²) in [5, 5.41) is 6.37. The molecule has 1 unspecified atom stereocenters. The first-order chi connectivity index (χ1) is 7.15. The number of hydrogen-bond donors (Lipinski definition) is 3. The van der Waals surface area contributed by atoms with Gasteiger partial charge in [-0.05, 0) is 20.8 Å². The van der Waals surface area contributed by atoms with Crippen molar-refractivity contribution in [1.29, 1.82) is 0 Å². The molecule has 0 radical (unpaired) electrons. The highest BCUT2D eigenvalue weighted by atomic mass is 15.1. The quantitative estimate of drug-likeness (QED) is 0.674. The van der Waals surface area contributed by atoms with Crippen molar-refractivity contribution in [3.63, 3.8) is 0 Å². The van der Waals surface area contributed by atoms with Gasteiger partial charge in [-0.3, -0.25) is 0 Å². The second-order valence-corrected chi connectivity index (χ2v) is 3.50. The van der Waals surface area contributed by atoms with E-state index >= 15 is 0 Å². The second kappa shape index (κ2) is 5.50. The van der Waals surface area contributed by atoms with E-state index in [1.165, 1.54) is 0 Å². The molecule has 1 aromatic rings. The fourth-order valence-corrected chi connectivity index (χ4v) is 1.22. The first-order valence-electron chi connectivity index (χ1n) is 5.21. The van der Waals surface area contributed by atoms with Gasteiger partial charge in [0.2, 0.25) is 0 Å². The van der Waals surface area contributed by atoms with E-state index < -0.39 is 0 Å². The van der Waals surface area contributed by atoms with Gasteiger partial charge in [-0.2, -0.15) is 0 Å². The lowest BCUT2D eigenvalue weighted by atomic mass is 10.3. The predicted octanol–water partition coefficient (Wildman–Crippen LogP) is 0.976. The molecule has 0 bridgehead atoms. The molecule has 0 saturated carbocycles. The Kier molecular flexibility index (Phi) is 4.30. The fraction of sp³-hybridized carbons (Fsp3) is 0.600. The van der Waals surface area contributed by atoms with Crippen molar-refractivity contribution < 1.29 is 0 Å². The Morgan fingerprint density at radius 2 is 2.07 bits per heavy atom. The van der Waals surface area contributed by atoms with E-state index in [4.69, 9.17) is 5.73 Å². The Balaban J connectivity index is 2.78. The number of rotatable bonds is 5. The van der Waals surface area contributed by atoms with E-state index in [2.05, 4.69) is 20.6 Å².